The Morgan fingerprint density at radius 1 is 1.42 bits per heavy atom. The highest BCUT2D eigenvalue weighted by atomic mass is 16.5. The van der Waals surface area contributed by atoms with E-state index in [0.717, 1.165) is 13.1 Å². The lowest BCUT2D eigenvalue weighted by molar-refractivity contribution is -0.132. The van der Waals surface area contributed by atoms with Gasteiger partial charge < -0.3 is 10.1 Å². The number of carbonyl (C=O) groups is 2. The van der Waals surface area contributed by atoms with E-state index in [1.54, 1.807) is 0 Å². The van der Waals surface area contributed by atoms with Crippen LogP contribution in [0.5, 0.6) is 0 Å². The van der Waals surface area contributed by atoms with E-state index in [4.69, 9.17) is 4.74 Å². The first kappa shape index (κ1) is 14.3. The van der Waals surface area contributed by atoms with Crippen LogP contribution in [0.2, 0.25) is 0 Å². The van der Waals surface area contributed by atoms with E-state index in [9.17, 15) is 9.59 Å². The molecule has 0 aliphatic carbocycles. The third-order valence-electron chi connectivity index (χ3n) is 3.81. The Morgan fingerprint density at radius 2 is 2.16 bits per heavy atom. The van der Waals surface area contributed by atoms with Gasteiger partial charge in [-0.25, -0.2) is 4.79 Å². The van der Waals surface area contributed by atoms with Crippen molar-refractivity contribution in [3.63, 3.8) is 0 Å². The third-order valence-corrected chi connectivity index (χ3v) is 3.81. The van der Waals surface area contributed by atoms with Gasteiger partial charge in [-0.1, -0.05) is 0 Å². The molecule has 2 aliphatic heterocycles. The molecule has 108 valence electrons. The molecule has 0 aromatic heterocycles. The Kier molecular flexibility index (Phi) is 4.10. The van der Waals surface area contributed by atoms with Crippen LogP contribution in [0, 0.1) is 0 Å². The lowest BCUT2D eigenvalue weighted by Crippen LogP contribution is -2.49. The molecule has 6 heteroatoms. The summed E-state index contributed by atoms with van der Waals surface area (Å²) in [5.41, 5.74) is -0.701. The molecule has 1 unspecified atom stereocenters. The molecule has 0 saturated carbocycles. The van der Waals surface area contributed by atoms with Crippen molar-refractivity contribution in [2.75, 3.05) is 32.8 Å². The number of nitrogens with one attached hydrogen (secondary N) is 1. The molecule has 1 atom stereocenters. The fraction of sp³-hybridized carbons (Fsp3) is 0.846. The van der Waals surface area contributed by atoms with Gasteiger partial charge in [-0.3, -0.25) is 14.6 Å². The van der Waals surface area contributed by atoms with Crippen molar-refractivity contribution in [2.24, 2.45) is 0 Å². The summed E-state index contributed by atoms with van der Waals surface area (Å²) in [5, 5.41) is 2.89. The van der Waals surface area contributed by atoms with E-state index in [0.29, 0.717) is 26.2 Å². The zero-order chi connectivity index (χ0) is 14.0. The van der Waals surface area contributed by atoms with Crippen LogP contribution in [0.25, 0.3) is 0 Å². The van der Waals surface area contributed by atoms with Gasteiger partial charge in [-0.05, 0) is 27.2 Å². The van der Waals surface area contributed by atoms with Gasteiger partial charge in [0.25, 0.3) is 5.91 Å². The van der Waals surface area contributed by atoms with Gasteiger partial charge in [0.15, 0.2) is 0 Å². The minimum atomic E-state index is -0.701. The number of imide groups is 1. The molecular formula is C13H23N3O3. The minimum absolute atomic E-state index is 0.0774. The average Bonchev–Trinajstić information content (AvgIpc) is 2.83. The SMILES string of the molecule is CCOCCN1CCC2(C1)NC(=O)N(C(C)C)C2=O. The molecule has 2 heterocycles. The number of likely N-dealkylation sites (tertiary alicyclic amines) is 1. The van der Waals surface area contributed by atoms with Crippen molar-refractivity contribution in [1.82, 2.24) is 15.1 Å². The van der Waals surface area contributed by atoms with E-state index >= 15 is 0 Å². The number of hydrogen-bond donors (Lipinski definition) is 1. The monoisotopic (exact) mass is 269 g/mol. The quantitative estimate of drug-likeness (QED) is 0.581. The van der Waals surface area contributed by atoms with Crippen molar-refractivity contribution < 1.29 is 14.3 Å². The lowest BCUT2D eigenvalue weighted by atomic mass is 9.99. The second-order valence-corrected chi connectivity index (χ2v) is 5.50. The molecule has 1 N–H and O–H groups in total. The molecule has 0 aromatic rings. The lowest BCUT2D eigenvalue weighted by Gasteiger charge is -2.23. The summed E-state index contributed by atoms with van der Waals surface area (Å²) in [6, 6.07) is -0.351. The molecule has 19 heavy (non-hydrogen) atoms. The predicted molar refractivity (Wildman–Crippen MR) is 70.8 cm³/mol. The molecule has 2 rings (SSSR count). The molecule has 0 bridgehead atoms. The highest BCUT2D eigenvalue weighted by Crippen LogP contribution is 2.29. The summed E-state index contributed by atoms with van der Waals surface area (Å²) in [7, 11) is 0. The summed E-state index contributed by atoms with van der Waals surface area (Å²) in [5.74, 6) is -0.0774. The first-order chi connectivity index (χ1) is 9.00. The first-order valence-corrected chi connectivity index (χ1v) is 6.96. The Morgan fingerprint density at radius 3 is 2.74 bits per heavy atom. The zero-order valence-electron chi connectivity index (χ0n) is 11.9. The van der Waals surface area contributed by atoms with Crippen LogP contribution in [0.15, 0.2) is 0 Å². The van der Waals surface area contributed by atoms with Crippen LogP contribution in [0.3, 0.4) is 0 Å². The van der Waals surface area contributed by atoms with Crippen molar-refractivity contribution in [3.8, 4) is 0 Å². The van der Waals surface area contributed by atoms with Crippen LogP contribution in [0.4, 0.5) is 4.79 Å². The van der Waals surface area contributed by atoms with Crippen molar-refractivity contribution in [2.45, 2.75) is 38.8 Å². The van der Waals surface area contributed by atoms with Crippen molar-refractivity contribution in [3.05, 3.63) is 0 Å². The molecule has 1 spiro atoms. The maximum Gasteiger partial charge on any atom is 0.325 e. The Bertz CT molecular complexity index is 372. The molecule has 3 amide bonds. The van der Waals surface area contributed by atoms with Crippen molar-refractivity contribution >= 4 is 11.9 Å². The standard InChI is InChI=1S/C13H23N3O3/c1-4-19-8-7-15-6-5-13(9-15)11(17)16(10(2)3)12(18)14-13/h10H,4-9H2,1-3H3,(H,14,18). The smallest absolute Gasteiger partial charge is 0.325 e. The van der Waals surface area contributed by atoms with E-state index in [-0.39, 0.29) is 18.0 Å². The molecule has 2 aliphatic rings. The van der Waals surface area contributed by atoms with Crippen molar-refractivity contribution in [1.29, 1.82) is 0 Å². The average molecular weight is 269 g/mol. The number of rotatable bonds is 5. The molecule has 2 fully saturated rings. The number of ether oxygens (including phenoxy) is 1. The molecule has 6 nitrogen and oxygen atoms in total. The maximum absolute atomic E-state index is 12.4. The summed E-state index contributed by atoms with van der Waals surface area (Å²) < 4.78 is 5.33. The van der Waals surface area contributed by atoms with Crippen LogP contribution in [0.1, 0.15) is 27.2 Å². The fourth-order valence-corrected chi connectivity index (χ4v) is 2.80. The van der Waals surface area contributed by atoms with E-state index in [2.05, 4.69) is 10.2 Å². The number of urea groups is 1. The predicted octanol–water partition coefficient (Wildman–Crippen LogP) is 0.428. The third kappa shape index (κ3) is 2.60. The maximum atomic E-state index is 12.4. The Labute approximate surface area is 114 Å². The summed E-state index contributed by atoms with van der Waals surface area (Å²) in [6.07, 6.45) is 0.687. The van der Waals surface area contributed by atoms with Gasteiger partial charge in [0.2, 0.25) is 0 Å². The van der Waals surface area contributed by atoms with Gasteiger partial charge in [-0.15, -0.1) is 0 Å². The van der Waals surface area contributed by atoms with Crippen LogP contribution >= 0.6 is 0 Å². The largest absolute Gasteiger partial charge is 0.380 e. The molecule has 0 radical (unpaired) electrons. The van der Waals surface area contributed by atoms with Gasteiger partial charge in [0.05, 0.1) is 6.61 Å². The van der Waals surface area contributed by atoms with E-state index in [1.165, 1.54) is 4.90 Å². The number of nitrogens with zero attached hydrogens (tertiary/aromatic N) is 2. The van der Waals surface area contributed by atoms with Gasteiger partial charge in [0.1, 0.15) is 5.54 Å². The first-order valence-electron chi connectivity index (χ1n) is 6.96. The van der Waals surface area contributed by atoms with Crippen LogP contribution < -0.4 is 5.32 Å². The molecule has 0 aromatic carbocycles. The van der Waals surface area contributed by atoms with Gasteiger partial charge in [-0.2, -0.15) is 0 Å². The highest BCUT2D eigenvalue weighted by molar-refractivity contribution is 6.07. The normalized spacial score (nSPS) is 27.9. The van der Waals surface area contributed by atoms with Gasteiger partial charge in [0, 0.05) is 32.3 Å². The zero-order valence-corrected chi connectivity index (χ0v) is 11.9. The Balaban J connectivity index is 1.98. The minimum Gasteiger partial charge on any atom is -0.380 e. The van der Waals surface area contributed by atoms with E-state index in [1.807, 2.05) is 20.8 Å². The summed E-state index contributed by atoms with van der Waals surface area (Å²) in [6.45, 7) is 9.28. The van der Waals surface area contributed by atoms with Crippen LogP contribution in [-0.2, 0) is 9.53 Å². The van der Waals surface area contributed by atoms with Crippen LogP contribution in [-0.4, -0.2) is 66.2 Å². The van der Waals surface area contributed by atoms with E-state index < -0.39 is 5.54 Å². The number of carbonyl (C=O) groups excluding carboxylic acids is 2. The fourth-order valence-electron chi connectivity index (χ4n) is 2.80. The Hall–Kier alpha value is -1.14. The summed E-state index contributed by atoms with van der Waals surface area (Å²) in [4.78, 5) is 27.9. The topological polar surface area (TPSA) is 61.9 Å². The van der Waals surface area contributed by atoms with Gasteiger partial charge >= 0.3 is 6.03 Å². The second kappa shape index (κ2) is 5.46. The molecule has 2 saturated heterocycles. The summed E-state index contributed by atoms with van der Waals surface area (Å²) >= 11 is 0. The highest BCUT2D eigenvalue weighted by Gasteiger charge is 2.54. The molecular weight excluding hydrogens is 246 g/mol. The number of hydrogen-bond acceptors (Lipinski definition) is 4. The second-order valence-electron chi connectivity index (χ2n) is 5.50. The number of amides is 3.